The predicted octanol–water partition coefficient (Wildman–Crippen LogP) is 3.82. The molecule has 9 nitrogen and oxygen atoms in total. The average Bonchev–Trinajstić information content (AvgIpc) is 3.33. The number of hydrogen-bond donors (Lipinski definition) is 2. The fraction of sp³-hybridized carbons (Fsp3) is 0.600. The van der Waals surface area contributed by atoms with Crippen molar-refractivity contribution >= 4 is 17.6 Å². The highest BCUT2D eigenvalue weighted by atomic mass is 19.4. The van der Waals surface area contributed by atoms with Crippen LogP contribution in [0.4, 0.5) is 30.8 Å². The average molecular weight is 453 g/mol. The van der Waals surface area contributed by atoms with Crippen LogP contribution in [-0.2, 0) is 16.3 Å². The minimum Gasteiger partial charge on any atom is -0.487 e. The first-order valence-corrected chi connectivity index (χ1v) is 10.2. The van der Waals surface area contributed by atoms with Crippen LogP contribution in [-0.4, -0.2) is 39.6 Å². The van der Waals surface area contributed by atoms with Crippen molar-refractivity contribution in [2.45, 2.75) is 51.7 Å². The van der Waals surface area contributed by atoms with Crippen molar-refractivity contribution in [1.29, 1.82) is 5.26 Å². The van der Waals surface area contributed by atoms with Crippen LogP contribution in [0.15, 0.2) is 6.20 Å². The number of rotatable bonds is 7. The van der Waals surface area contributed by atoms with Crippen molar-refractivity contribution in [3.8, 4) is 11.8 Å². The summed E-state index contributed by atoms with van der Waals surface area (Å²) in [5.41, 5.74) is 3.80. The van der Waals surface area contributed by atoms with Gasteiger partial charge in [0.2, 0.25) is 5.95 Å². The molecule has 1 unspecified atom stereocenters. The van der Waals surface area contributed by atoms with E-state index in [4.69, 9.17) is 15.2 Å². The molecule has 0 radical (unpaired) electrons. The fourth-order valence-electron chi connectivity index (χ4n) is 3.20. The number of nitrogens with two attached hydrogens (primary N) is 1. The first-order chi connectivity index (χ1) is 14.9. The molecule has 1 atom stereocenters. The van der Waals surface area contributed by atoms with Gasteiger partial charge in [-0.1, -0.05) is 0 Å². The number of hydrogen-bond acceptors (Lipinski definition) is 8. The normalized spacial score (nSPS) is 16.9. The Morgan fingerprint density at radius 3 is 2.66 bits per heavy atom. The van der Waals surface area contributed by atoms with Gasteiger partial charge in [-0.2, -0.15) is 28.5 Å². The highest BCUT2D eigenvalue weighted by Gasteiger charge is 2.36. The lowest BCUT2D eigenvalue weighted by Gasteiger charge is -2.18. The van der Waals surface area contributed by atoms with Crippen LogP contribution in [0.2, 0.25) is 0 Å². The lowest BCUT2D eigenvalue weighted by atomic mass is 9.91. The Labute approximate surface area is 183 Å². The van der Waals surface area contributed by atoms with E-state index in [2.05, 4.69) is 26.5 Å². The number of nitrogens with one attached hydrogen (secondary N) is 1. The molecule has 0 amide bonds. The zero-order valence-corrected chi connectivity index (χ0v) is 18.3. The maximum Gasteiger partial charge on any atom is 0.421 e. The van der Waals surface area contributed by atoms with Gasteiger partial charge in [-0.25, -0.2) is 9.67 Å². The molecular weight excluding hydrogens is 427 g/mol. The van der Waals surface area contributed by atoms with Crippen molar-refractivity contribution in [1.82, 2.24) is 19.7 Å². The third kappa shape index (κ3) is 4.88. The summed E-state index contributed by atoms with van der Waals surface area (Å²) >= 11 is 0. The highest BCUT2D eigenvalue weighted by molar-refractivity contribution is 5.63. The SMILES string of the molecule is CC(C)n1nc(C(C)(C)C#N)c(OCC2CCOC2)c1Nc1ncc(C(F)(F)F)c(N)n1. The molecular formula is C20H26F3N7O2. The van der Waals surface area contributed by atoms with Gasteiger partial charge >= 0.3 is 6.18 Å². The van der Waals surface area contributed by atoms with E-state index < -0.39 is 23.0 Å². The van der Waals surface area contributed by atoms with Gasteiger partial charge in [0.15, 0.2) is 11.6 Å². The largest absolute Gasteiger partial charge is 0.487 e. The van der Waals surface area contributed by atoms with E-state index in [1.807, 2.05) is 13.8 Å². The van der Waals surface area contributed by atoms with Crippen molar-refractivity contribution < 1.29 is 22.6 Å². The first-order valence-electron chi connectivity index (χ1n) is 10.2. The van der Waals surface area contributed by atoms with E-state index >= 15 is 0 Å². The molecule has 1 fully saturated rings. The minimum atomic E-state index is -4.66. The second kappa shape index (κ2) is 8.82. The summed E-state index contributed by atoms with van der Waals surface area (Å²) in [5.74, 6) is -0.0155. The Morgan fingerprint density at radius 2 is 2.12 bits per heavy atom. The first kappa shape index (κ1) is 23.6. The van der Waals surface area contributed by atoms with Gasteiger partial charge in [0.25, 0.3) is 0 Å². The van der Waals surface area contributed by atoms with Gasteiger partial charge in [0.1, 0.15) is 17.1 Å². The van der Waals surface area contributed by atoms with Crippen molar-refractivity contribution in [2.24, 2.45) is 5.92 Å². The van der Waals surface area contributed by atoms with Crippen LogP contribution < -0.4 is 15.8 Å². The molecule has 0 bridgehead atoms. The third-order valence-corrected chi connectivity index (χ3v) is 5.07. The number of nitrogens with zero attached hydrogens (tertiary/aromatic N) is 5. The number of alkyl halides is 3. The summed E-state index contributed by atoms with van der Waals surface area (Å²) in [4.78, 5) is 7.53. The van der Waals surface area contributed by atoms with Crippen LogP contribution in [0.3, 0.4) is 0 Å². The number of aromatic nitrogens is 4. The van der Waals surface area contributed by atoms with Gasteiger partial charge < -0.3 is 20.5 Å². The molecule has 174 valence electrons. The summed E-state index contributed by atoms with van der Waals surface area (Å²) in [6, 6.07) is 2.06. The lowest BCUT2D eigenvalue weighted by Crippen LogP contribution is -2.19. The second-order valence-corrected chi connectivity index (χ2v) is 8.46. The summed E-state index contributed by atoms with van der Waals surface area (Å²) < 4.78 is 52.1. The predicted molar refractivity (Wildman–Crippen MR) is 110 cm³/mol. The van der Waals surface area contributed by atoms with Crippen molar-refractivity contribution in [2.75, 3.05) is 30.9 Å². The highest BCUT2D eigenvalue weighted by Crippen LogP contribution is 2.40. The Bertz CT molecular complexity index is 1010. The molecule has 3 rings (SSSR count). The maximum absolute atomic E-state index is 13.0. The Hall–Kier alpha value is -3.07. The van der Waals surface area contributed by atoms with E-state index in [0.717, 1.165) is 6.42 Å². The zero-order chi connectivity index (χ0) is 23.7. The van der Waals surface area contributed by atoms with Crippen LogP contribution in [0.25, 0.3) is 0 Å². The molecule has 0 aliphatic carbocycles. The number of anilines is 3. The molecule has 2 aromatic heterocycles. The fourth-order valence-corrected chi connectivity index (χ4v) is 3.20. The van der Waals surface area contributed by atoms with Crippen LogP contribution >= 0.6 is 0 Å². The van der Waals surface area contributed by atoms with E-state index in [1.165, 1.54) is 0 Å². The maximum atomic E-state index is 13.0. The topological polar surface area (TPSA) is 124 Å². The summed E-state index contributed by atoms with van der Waals surface area (Å²) in [6.45, 7) is 8.72. The molecule has 0 aromatic carbocycles. The van der Waals surface area contributed by atoms with Gasteiger partial charge in [0, 0.05) is 24.8 Å². The summed E-state index contributed by atoms with van der Waals surface area (Å²) in [5, 5.41) is 17.2. The molecule has 1 saturated heterocycles. The van der Waals surface area contributed by atoms with Crippen LogP contribution in [0, 0.1) is 17.2 Å². The molecule has 2 aromatic rings. The summed E-state index contributed by atoms with van der Waals surface area (Å²) in [6.07, 6.45) is -3.20. The lowest BCUT2D eigenvalue weighted by molar-refractivity contribution is -0.137. The molecule has 12 heteroatoms. The molecule has 3 heterocycles. The van der Waals surface area contributed by atoms with E-state index in [-0.39, 0.29) is 17.9 Å². The quantitative estimate of drug-likeness (QED) is 0.649. The van der Waals surface area contributed by atoms with Crippen molar-refractivity contribution in [3.63, 3.8) is 0 Å². The number of ether oxygens (including phenoxy) is 2. The third-order valence-electron chi connectivity index (χ3n) is 5.07. The molecule has 32 heavy (non-hydrogen) atoms. The summed E-state index contributed by atoms with van der Waals surface area (Å²) in [7, 11) is 0. The van der Waals surface area contributed by atoms with Crippen LogP contribution in [0.5, 0.6) is 5.75 Å². The second-order valence-electron chi connectivity index (χ2n) is 8.46. The standard InChI is InChI=1S/C20H26F3N7O2/c1-11(2)30-17(28-18-26-7-13(16(25)27-18)20(21,22)23)14(15(29-30)19(3,4)10-24)32-9-12-5-6-31-8-12/h7,11-12H,5-6,8-9H2,1-4H3,(H3,25,26,27,28). The molecule has 1 aliphatic heterocycles. The Kier molecular flexibility index (Phi) is 6.50. The van der Waals surface area contributed by atoms with E-state index in [0.29, 0.717) is 43.3 Å². The molecule has 1 aliphatic rings. The monoisotopic (exact) mass is 453 g/mol. The molecule has 0 spiro atoms. The zero-order valence-electron chi connectivity index (χ0n) is 18.3. The van der Waals surface area contributed by atoms with Gasteiger partial charge in [0.05, 0.1) is 24.7 Å². The van der Waals surface area contributed by atoms with E-state index in [1.54, 1.807) is 18.5 Å². The number of nitriles is 1. The number of halogens is 3. The minimum absolute atomic E-state index is 0.146. The smallest absolute Gasteiger partial charge is 0.421 e. The molecule has 3 N–H and O–H groups in total. The van der Waals surface area contributed by atoms with Crippen molar-refractivity contribution in [3.05, 3.63) is 17.5 Å². The Balaban J connectivity index is 2.04. The van der Waals surface area contributed by atoms with Gasteiger partial charge in [-0.3, -0.25) is 0 Å². The van der Waals surface area contributed by atoms with Crippen LogP contribution in [0.1, 0.15) is 51.4 Å². The van der Waals surface area contributed by atoms with E-state index in [9.17, 15) is 18.4 Å². The van der Waals surface area contributed by atoms with Gasteiger partial charge in [-0.15, -0.1) is 0 Å². The molecule has 0 saturated carbocycles. The Morgan fingerprint density at radius 1 is 1.41 bits per heavy atom. The number of nitrogen functional groups attached to an aromatic ring is 1. The van der Waals surface area contributed by atoms with Gasteiger partial charge in [-0.05, 0) is 34.1 Å².